The summed E-state index contributed by atoms with van der Waals surface area (Å²) in [6, 6.07) is 19.5. The Morgan fingerprint density at radius 2 is 1.66 bits per heavy atom. The fourth-order valence-electron chi connectivity index (χ4n) is 4.03. The van der Waals surface area contributed by atoms with Gasteiger partial charge in [-0.2, -0.15) is 0 Å². The van der Waals surface area contributed by atoms with Crippen molar-refractivity contribution < 1.29 is 23.8 Å². The molecule has 0 aromatic heterocycles. The van der Waals surface area contributed by atoms with Crippen LogP contribution in [0.15, 0.2) is 66.7 Å². The summed E-state index contributed by atoms with van der Waals surface area (Å²) < 4.78 is 17.1. The predicted octanol–water partition coefficient (Wildman–Crippen LogP) is 6.67. The van der Waals surface area contributed by atoms with Crippen LogP contribution in [0.25, 0.3) is 0 Å². The van der Waals surface area contributed by atoms with Gasteiger partial charge in [0.2, 0.25) is 0 Å². The molecule has 3 aromatic carbocycles. The van der Waals surface area contributed by atoms with Gasteiger partial charge in [0.1, 0.15) is 6.61 Å². The van der Waals surface area contributed by atoms with Crippen molar-refractivity contribution in [1.29, 1.82) is 0 Å². The first kappa shape index (κ1) is 24.6. The number of nitrogens with one attached hydrogen (secondary N) is 1. The number of halogens is 1. The summed E-state index contributed by atoms with van der Waals surface area (Å²) >= 11 is 6.60. The lowest BCUT2D eigenvalue weighted by Gasteiger charge is -2.25. The first-order valence-corrected chi connectivity index (χ1v) is 12.1. The Labute approximate surface area is 210 Å². The van der Waals surface area contributed by atoms with E-state index < -0.39 is 5.97 Å². The number of carbonyl (C=O) groups excluding carboxylic acids is 2. The predicted molar refractivity (Wildman–Crippen MR) is 135 cm³/mol. The van der Waals surface area contributed by atoms with Crippen molar-refractivity contribution in [1.82, 2.24) is 0 Å². The van der Waals surface area contributed by atoms with Gasteiger partial charge < -0.3 is 19.5 Å². The average Bonchev–Trinajstić information content (AvgIpc) is 2.89. The van der Waals surface area contributed by atoms with E-state index in [-0.39, 0.29) is 12.0 Å². The molecule has 0 radical (unpaired) electrons. The quantitative estimate of drug-likeness (QED) is 0.355. The molecule has 4 rings (SSSR count). The minimum absolute atomic E-state index is 0.0584. The second kappa shape index (κ2) is 11.8. The van der Waals surface area contributed by atoms with Gasteiger partial charge in [-0.3, -0.25) is 4.79 Å². The highest BCUT2D eigenvalue weighted by Gasteiger charge is 2.21. The van der Waals surface area contributed by atoms with Crippen LogP contribution in [0, 0.1) is 0 Å². The molecule has 0 atom stereocenters. The van der Waals surface area contributed by atoms with Gasteiger partial charge in [0.25, 0.3) is 5.91 Å². The molecule has 182 valence electrons. The molecule has 0 aliphatic heterocycles. The van der Waals surface area contributed by atoms with Crippen LogP contribution in [0.4, 0.5) is 5.69 Å². The number of hydrogen-bond donors (Lipinski definition) is 1. The van der Waals surface area contributed by atoms with Gasteiger partial charge in [-0.05, 0) is 67.6 Å². The Kier molecular flexibility index (Phi) is 8.27. The lowest BCUT2D eigenvalue weighted by atomic mass is 9.98. The number of amides is 1. The summed E-state index contributed by atoms with van der Waals surface area (Å²) in [4.78, 5) is 24.7. The van der Waals surface area contributed by atoms with Crippen molar-refractivity contribution in [2.75, 3.05) is 12.4 Å². The van der Waals surface area contributed by atoms with Crippen LogP contribution >= 0.6 is 11.6 Å². The molecule has 3 aromatic rings. The third kappa shape index (κ3) is 6.55. The van der Waals surface area contributed by atoms with E-state index in [9.17, 15) is 9.59 Å². The van der Waals surface area contributed by atoms with Crippen LogP contribution in [0.5, 0.6) is 11.5 Å². The zero-order valence-corrected chi connectivity index (χ0v) is 20.3. The van der Waals surface area contributed by atoms with Gasteiger partial charge in [0, 0.05) is 11.3 Å². The highest BCUT2D eigenvalue weighted by atomic mass is 35.5. The molecular formula is C28H28ClNO5. The standard InChI is InChI=1S/C28H28ClNO5/c1-33-28(32)20-12-14-22(15-13-20)30-27(31)21-16-24(29)26(34-18-19-8-4-2-5-9-19)25(17-21)35-23-10-6-3-7-11-23/h2,4-5,8-9,12-17,23H,3,6-7,10-11,18H2,1H3,(H,30,31). The molecule has 1 amide bonds. The largest absolute Gasteiger partial charge is 0.486 e. The van der Waals surface area contributed by atoms with Crippen molar-refractivity contribution >= 4 is 29.2 Å². The molecule has 1 N–H and O–H groups in total. The molecule has 1 aliphatic rings. The number of rotatable bonds is 8. The monoisotopic (exact) mass is 493 g/mol. The van der Waals surface area contributed by atoms with E-state index in [1.54, 1.807) is 36.4 Å². The van der Waals surface area contributed by atoms with Crippen molar-refractivity contribution in [3.05, 3.63) is 88.4 Å². The van der Waals surface area contributed by atoms with E-state index >= 15 is 0 Å². The number of esters is 1. The molecule has 0 saturated heterocycles. The summed E-state index contributed by atoms with van der Waals surface area (Å²) in [5, 5.41) is 3.14. The fraction of sp³-hybridized carbons (Fsp3) is 0.286. The number of hydrogen-bond acceptors (Lipinski definition) is 5. The normalized spacial score (nSPS) is 13.7. The molecule has 1 aliphatic carbocycles. The maximum Gasteiger partial charge on any atom is 0.337 e. The van der Waals surface area contributed by atoms with E-state index in [1.807, 2.05) is 30.3 Å². The Balaban J connectivity index is 1.55. The second-order valence-electron chi connectivity index (χ2n) is 8.46. The van der Waals surface area contributed by atoms with E-state index in [4.69, 9.17) is 25.8 Å². The molecule has 0 spiro atoms. The Morgan fingerprint density at radius 3 is 2.34 bits per heavy atom. The zero-order valence-electron chi connectivity index (χ0n) is 19.6. The van der Waals surface area contributed by atoms with E-state index in [0.29, 0.717) is 39.9 Å². The molecule has 1 saturated carbocycles. The van der Waals surface area contributed by atoms with Crippen LogP contribution in [-0.2, 0) is 11.3 Å². The molecular weight excluding hydrogens is 466 g/mol. The molecule has 1 fully saturated rings. The maximum atomic E-state index is 13.0. The van der Waals surface area contributed by atoms with E-state index in [2.05, 4.69) is 5.32 Å². The van der Waals surface area contributed by atoms with Crippen molar-refractivity contribution in [2.45, 2.75) is 44.8 Å². The third-order valence-electron chi connectivity index (χ3n) is 5.91. The van der Waals surface area contributed by atoms with Crippen LogP contribution in [0.1, 0.15) is 58.4 Å². The van der Waals surface area contributed by atoms with Crippen molar-refractivity contribution in [2.24, 2.45) is 0 Å². The first-order chi connectivity index (χ1) is 17.0. The molecule has 0 heterocycles. The van der Waals surface area contributed by atoms with Crippen LogP contribution in [0.3, 0.4) is 0 Å². The van der Waals surface area contributed by atoms with Gasteiger partial charge >= 0.3 is 5.97 Å². The number of benzene rings is 3. The van der Waals surface area contributed by atoms with Gasteiger partial charge in [-0.15, -0.1) is 0 Å². The minimum atomic E-state index is -0.440. The number of ether oxygens (including phenoxy) is 3. The van der Waals surface area contributed by atoms with Gasteiger partial charge in [-0.25, -0.2) is 4.79 Å². The Morgan fingerprint density at radius 1 is 0.943 bits per heavy atom. The average molecular weight is 494 g/mol. The molecule has 0 unspecified atom stereocenters. The van der Waals surface area contributed by atoms with Crippen molar-refractivity contribution in [3.8, 4) is 11.5 Å². The Bertz CT molecular complexity index is 1160. The molecule has 0 bridgehead atoms. The lowest BCUT2D eigenvalue weighted by molar-refractivity contribution is 0.0600. The molecule has 7 heteroatoms. The first-order valence-electron chi connectivity index (χ1n) is 11.7. The van der Waals surface area contributed by atoms with E-state index in [1.165, 1.54) is 13.5 Å². The van der Waals surface area contributed by atoms with Gasteiger partial charge in [-0.1, -0.05) is 48.4 Å². The summed E-state index contributed by atoms with van der Waals surface area (Å²) in [6.07, 6.45) is 5.40. The Hall–Kier alpha value is -3.51. The number of anilines is 1. The fourth-order valence-corrected chi connectivity index (χ4v) is 4.30. The lowest BCUT2D eigenvalue weighted by Crippen LogP contribution is -2.20. The van der Waals surface area contributed by atoms with Crippen molar-refractivity contribution in [3.63, 3.8) is 0 Å². The third-order valence-corrected chi connectivity index (χ3v) is 6.19. The van der Waals surface area contributed by atoms with Gasteiger partial charge in [0.05, 0.1) is 23.8 Å². The maximum absolute atomic E-state index is 13.0. The molecule has 6 nitrogen and oxygen atoms in total. The summed E-state index contributed by atoms with van der Waals surface area (Å²) in [5.74, 6) is 0.109. The highest BCUT2D eigenvalue weighted by molar-refractivity contribution is 6.32. The van der Waals surface area contributed by atoms with Crippen LogP contribution in [-0.4, -0.2) is 25.1 Å². The van der Waals surface area contributed by atoms with Crippen LogP contribution < -0.4 is 14.8 Å². The zero-order chi connectivity index (χ0) is 24.6. The number of methoxy groups -OCH3 is 1. The minimum Gasteiger partial charge on any atom is -0.486 e. The molecule has 35 heavy (non-hydrogen) atoms. The summed E-state index contributed by atoms with van der Waals surface area (Å²) in [7, 11) is 1.32. The highest BCUT2D eigenvalue weighted by Crippen LogP contribution is 2.39. The SMILES string of the molecule is COC(=O)c1ccc(NC(=O)c2cc(Cl)c(OCc3ccccc3)c(OC3CCCCC3)c2)cc1. The van der Waals surface area contributed by atoms with E-state index in [0.717, 1.165) is 31.2 Å². The summed E-state index contributed by atoms with van der Waals surface area (Å²) in [6.45, 7) is 0.333. The second-order valence-corrected chi connectivity index (χ2v) is 8.87. The van der Waals surface area contributed by atoms with Gasteiger partial charge in [0.15, 0.2) is 11.5 Å². The van der Waals surface area contributed by atoms with Crippen LogP contribution in [0.2, 0.25) is 5.02 Å². The smallest absolute Gasteiger partial charge is 0.337 e. The topological polar surface area (TPSA) is 73.9 Å². The number of carbonyl (C=O) groups is 2. The summed E-state index contributed by atoms with van der Waals surface area (Å²) in [5.41, 5.74) is 2.30.